The van der Waals surface area contributed by atoms with Crippen LogP contribution in [0, 0.1) is 0 Å². The summed E-state index contributed by atoms with van der Waals surface area (Å²) in [5.74, 6) is 0. The molecule has 1 atom stereocenters. The van der Waals surface area contributed by atoms with Gasteiger partial charge in [0.1, 0.15) is 0 Å². The lowest BCUT2D eigenvalue weighted by atomic mass is 9.75. The summed E-state index contributed by atoms with van der Waals surface area (Å²) in [7, 11) is 0. The molecule has 0 spiro atoms. The van der Waals surface area contributed by atoms with Crippen LogP contribution in [0.15, 0.2) is 0 Å². The van der Waals surface area contributed by atoms with Crippen LogP contribution in [-0.4, -0.2) is 42.8 Å². The molecule has 1 aliphatic heterocycles. The van der Waals surface area contributed by atoms with Gasteiger partial charge in [-0.25, -0.2) is 0 Å². The second-order valence-corrected chi connectivity index (χ2v) is 5.30. The highest BCUT2D eigenvalue weighted by Crippen LogP contribution is 2.32. The fourth-order valence-corrected chi connectivity index (χ4v) is 2.55. The molecule has 2 aliphatic rings. The minimum atomic E-state index is 0.177. The molecular weight excluding hydrogens is 188 g/mol. The number of hydrogen-bond donors (Lipinski definition) is 1. The van der Waals surface area contributed by atoms with Crippen molar-refractivity contribution in [3.63, 3.8) is 0 Å². The summed E-state index contributed by atoms with van der Waals surface area (Å²) in [6, 6.07) is 0. The van der Waals surface area contributed by atoms with Crippen LogP contribution < -0.4 is 5.73 Å². The number of nitrogens with zero attached hydrogens (tertiary/aromatic N) is 1. The molecule has 1 saturated heterocycles. The number of rotatable bonds is 3. The first-order chi connectivity index (χ1) is 7.18. The van der Waals surface area contributed by atoms with Gasteiger partial charge in [0.15, 0.2) is 0 Å². The van der Waals surface area contributed by atoms with Crippen LogP contribution in [0.25, 0.3) is 0 Å². The Hall–Kier alpha value is -0.120. The largest absolute Gasteiger partial charge is 0.377 e. The van der Waals surface area contributed by atoms with E-state index in [-0.39, 0.29) is 5.54 Å². The Morgan fingerprint density at radius 3 is 2.87 bits per heavy atom. The number of hydrogen-bond acceptors (Lipinski definition) is 3. The summed E-state index contributed by atoms with van der Waals surface area (Å²) in [6.07, 6.45) is 6.51. The van der Waals surface area contributed by atoms with Crippen LogP contribution in [0.1, 0.15) is 39.0 Å². The standard InChI is InChI=1S/C12H24N2O/c1-11-10-14(7-3-9-15-11)8-6-12(13)4-2-5-12/h11H,2-10,13H2,1H3. The van der Waals surface area contributed by atoms with E-state index in [1.54, 1.807) is 0 Å². The van der Waals surface area contributed by atoms with Crippen molar-refractivity contribution in [2.45, 2.75) is 50.7 Å². The Morgan fingerprint density at radius 2 is 2.20 bits per heavy atom. The molecule has 2 N–H and O–H groups in total. The molecule has 1 unspecified atom stereocenters. The zero-order valence-electron chi connectivity index (χ0n) is 9.87. The zero-order chi connectivity index (χ0) is 10.7. The molecule has 1 saturated carbocycles. The van der Waals surface area contributed by atoms with Crippen molar-refractivity contribution < 1.29 is 4.74 Å². The molecule has 0 bridgehead atoms. The topological polar surface area (TPSA) is 38.5 Å². The SMILES string of the molecule is CC1CN(CCC2(N)CCC2)CCCO1. The summed E-state index contributed by atoms with van der Waals surface area (Å²) in [5.41, 5.74) is 6.41. The first-order valence-electron chi connectivity index (χ1n) is 6.31. The fraction of sp³-hybridized carbons (Fsp3) is 1.00. The average molecular weight is 212 g/mol. The van der Waals surface area contributed by atoms with E-state index in [1.807, 2.05) is 0 Å². The highest BCUT2D eigenvalue weighted by Gasteiger charge is 2.32. The third kappa shape index (κ3) is 3.16. The number of nitrogens with two attached hydrogens (primary N) is 1. The first-order valence-corrected chi connectivity index (χ1v) is 6.31. The van der Waals surface area contributed by atoms with Gasteiger partial charge in [0.25, 0.3) is 0 Å². The Balaban J connectivity index is 1.72. The van der Waals surface area contributed by atoms with Crippen molar-refractivity contribution in [1.29, 1.82) is 0 Å². The third-order valence-electron chi connectivity index (χ3n) is 3.81. The molecule has 88 valence electrons. The second kappa shape index (κ2) is 4.81. The Kier molecular flexibility index (Phi) is 3.65. The summed E-state index contributed by atoms with van der Waals surface area (Å²) in [4.78, 5) is 2.52. The highest BCUT2D eigenvalue weighted by molar-refractivity contribution is 4.93. The molecule has 3 heteroatoms. The Bertz CT molecular complexity index is 204. The van der Waals surface area contributed by atoms with Gasteiger partial charge in [0.2, 0.25) is 0 Å². The van der Waals surface area contributed by atoms with E-state index in [0.717, 1.165) is 19.7 Å². The van der Waals surface area contributed by atoms with Crippen molar-refractivity contribution in [1.82, 2.24) is 4.90 Å². The van der Waals surface area contributed by atoms with Gasteiger partial charge in [-0.3, -0.25) is 0 Å². The maximum absolute atomic E-state index is 6.24. The minimum absolute atomic E-state index is 0.177. The van der Waals surface area contributed by atoms with Crippen molar-refractivity contribution in [2.75, 3.05) is 26.2 Å². The molecule has 0 radical (unpaired) electrons. The van der Waals surface area contributed by atoms with E-state index in [0.29, 0.717) is 6.10 Å². The van der Waals surface area contributed by atoms with Crippen LogP contribution >= 0.6 is 0 Å². The van der Waals surface area contributed by atoms with Gasteiger partial charge in [-0.2, -0.15) is 0 Å². The molecule has 15 heavy (non-hydrogen) atoms. The smallest absolute Gasteiger partial charge is 0.0673 e. The molecule has 0 amide bonds. The van der Waals surface area contributed by atoms with Crippen molar-refractivity contribution in [3.05, 3.63) is 0 Å². The minimum Gasteiger partial charge on any atom is -0.377 e. The van der Waals surface area contributed by atoms with E-state index in [1.165, 1.54) is 38.6 Å². The van der Waals surface area contributed by atoms with Crippen LogP contribution in [-0.2, 0) is 4.74 Å². The lowest BCUT2D eigenvalue weighted by Gasteiger charge is -2.39. The Labute approximate surface area is 93.0 Å². The highest BCUT2D eigenvalue weighted by atomic mass is 16.5. The molecular formula is C12H24N2O. The molecule has 2 rings (SSSR count). The quantitative estimate of drug-likeness (QED) is 0.768. The van der Waals surface area contributed by atoms with Crippen LogP contribution in [0.4, 0.5) is 0 Å². The normalized spacial score (nSPS) is 32.0. The van der Waals surface area contributed by atoms with Gasteiger partial charge < -0.3 is 15.4 Å². The molecule has 2 fully saturated rings. The van der Waals surface area contributed by atoms with Crippen molar-refractivity contribution in [3.8, 4) is 0 Å². The van der Waals surface area contributed by atoms with E-state index >= 15 is 0 Å². The summed E-state index contributed by atoms with van der Waals surface area (Å²) < 4.78 is 5.63. The monoisotopic (exact) mass is 212 g/mol. The predicted octanol–water partition coefficient (Wildman–Crippen LogP) is 1.37. The van der Waals surface area contributed by atoms with Crippen molar-refractivity contribution >= 4 is 0 Å². The van der Waals surface area contributed by atoms with Crippen LogP contribution in [0.5, 0.6) is 0 Å². The Morgan fingerprint density at radius 1 is 1.40 bits per heavy atom. The van der Waals surface area contributed by atoms with E-state index in [9.17, 15) is 0 Å². The maximum atomic E-state index is 6.24. The zero-order valence-corrected chi connectivity index (χ0v) is 9.87. The van der Waals surface area contributed by atoms with Gasteiger partial charge in [-0.15, -0.1) is 0 Å². The molecule has 3 nitrogen and oxygen atoms in total. The lowest BCUT2D eigenvalue weighted by Crippen LogP contribution is -2.49. The molecule has 0 aromatic rings. The maximum Gasteiger partial charge on any atom is 0.0673 e. The van der Waals surface area contributed by atoms with Crippen LogP contribution in [0.3, 0.4) is 0 Å². The van der Waals surface area contributed by atoms with E-state index < -0.39 is 0 Å². The van der Waals surface area contributed by atoms with Crippen molar-refractivity contribution in [2.24, 2.45) is 5.73 Å². The van der Waals surface area contributed by atoms with Gasteiger partial charge in [-0.05, 0) is 45.6 Å². The second-order valence-electron chi connectivity index (χ2n) is 5.30. The molecule has 0 aromatic carbocycles. The van der Waals surface area contributed by atoms with Gasteiger partial charge in [0, 0.05) is 25.2 Å². The first kappa shape index (κ1) is 11.4. The fourth-order valence-electron chi connectivity index (χ4n) is 2.55. The molecule has 1 heterocycles. The summed E-state index contributed by atoms with van der Waals surface area (Å²) >= 11 is 0. The summed E-state index contributed by atoms with van der Waals surface area (Å²) in [6.45, 7) is 6.51. The predicted molar refractivity (Wildman–Crippen MR) is 61.9 cm³/mol. The average Bonchev–Trinajstić information content (AvgIpc) is 2.37. The summed E-state index contributed by atoms with van der Waals surface area (Å²) in [5, 5.41) is 0. The number of ether oxygens (including phenoxy) is 1. The molecule has 0 aromatic heterocycles. The van der Waals surface area contributed by atoms with E-state index in [2.05, 4.69) is 11.8 Å². The molecule has 1 aliphatic carbocycles. The van der Waals surface area contributed by atoms with Gasteiger partial charge >= 0.3 is 0 Å². The van der Waals surface area contributed by atoms with Gasteiger partial charge in [0.05, 0.1) is 6.10 Å². The van der Waals surface area contributed by atoms with E-state index in [4.69, 9.17) is 10.5 Å². The third-order valence-corrected chi connectivity index (χ3v) is 3.81. The van der Waals surface area contributed by atoms with Crippen LogP contribution in [0.2, 0.25) is 0 Å². The lowest BCUT2D eigenvalue weighted by molar-refractivity contribution is 0.0654. The van der Waals surface area contributed by atoms with Gasteiger partial charge in [-0.1, -0.05) is 0 Å².